The summed E-state index contributed by atoms with van der Waals surface area (Å²) in [6.07, 6.45) is 0.782. The molecule has 0 aromatic heterocycles. The molecule has 1 aromatic carbocycles. The number of nitrogens with two attached hydrogens (primary N) is 1. The number of nitrogens with one attached hydrogen (secondary N) is 2. The number of carbonyl (C=O) groups excluding carboxylic acids is 2. The van der Waals surface area contributed by atoms with Crippen LogP contribution in [0.4, 0.5) is 11.4 Å². The summed E-state index contributed by atoms with van der Waals surface area (Å²) in [5.74, 6) is -0.954. The first kappa shape index (κ1) is 16.4. The maximum absolute atomic E-state index is 12.0. The fourth-order valence-corrected chi connectivity index (χ4v) is 1.60. The van der Waals surface area contributed by atoms with Crippen molar-refractivity contribution in [1.82, 2.24) is 10.6 Å². The number of hydrogen-bond donors (Lipinski definition) is 3. The third-order valence-electron chi connectivity index (χ3n) is 2.78. The molecule has 1 unspecified atom stereocenters. The van der Waals surface area contributed by atoms with Gasteiger partial charge in [-0.05, 0) is 19.4 Å². The zero-order valence-corrected chi connectivity index (χ0v) is 11.9. The standard InChI is InChI=1S/C13H18N4O4/c1-3-6-15-12(18)8(2)16-13(19)10-7-9(17(20)21)4-5-11(10)14/h4-5,7-8H,3,6,14H2,1-2H3,(H,15,18)(H,16,19). The van der Waals surface area contributed by atoms with E-state index in [4.69, 9.17) is 5.73 Å². The van der Waals surface area contributed by atoms with Crippen molar-refractivity contribution in [3.63, 3.8) is 0 Å². The SMILES string of the molecule is CCCNC(=O)C(C)NC(=O)c1cc([N+](=O)[O-])ccc1N. The van der Waals surface area contributed by atoms with E-state index in [0.29, 0.717) is 6.54 Å². The third kappa shape index (κ3) is 4.44. The molecule has 1 aromatic rings. The van der Waals surface area contributed by atoms with Gasteiger partial charge in [-0.1, -0.05) is 6.92 Å². The van der Waals surface area contributed by atoms with Crippen LogP contribution in [-0.2, 0) is 4.79 Å². The highest BCUT2D eigenvalue weighted by Gasteiger charge is 2.19. The molecule has 0 aliphatic carbocycles. The van der Waals surface area contributed by atoms with Crippen molar-refractivity contribution in [3.8, 4) is 0 Å². The summed E-state index contributed by atoms with van der Waals surface area (Å²) >= 11 is 0. The molecule has 0 radical (unpaired) electrons. The molecule has 0 spiro atoms. The number of hydrogen-bond acceptors (Lipinski definition) is 5. The van der Waals surface area contributed by atoms with E-state index >= 15 is 0 Å². The maximum atomic E-state index is 12.0. The molecular formula is C13H18N4O4. The molecule has 1 atom stereocenters. The Morgan fingerprint density at radius 3 is 2.67 bits per heavy atom. The van der Waals surface area contributed by atoms with Gasteiger partial charge in [0.05, 0.1) is 10.5 Å². The van der Waals surface area contributed by atoms with Crippen molar-refractivity contribution in [3.05, 3.63) is 33.9 Å². The van der Waals surface area contributed by atoms with Crippen LogP contribution in [0.2, 0.25) is 0 Å². The van der Waals surface area contributed by atoms with Gasteiger partial charge in [-0.25, -0.2) is 0 Å². The van der Waals surface area contributed by atoms with Crippen LogP contribution < -0.4 is 16.4 Å². The largest absolute Gasteiger partial charge is 0.398 e. The maximum Gasteiger partial charge on any atom is 0.270 e. The van der Waals surface area contributed by atoms with Crippen molar-refractivity contribution in [2.24, 2.45) is 0 Å². The van der Waals surface area contributed by atoms with Gasteiger partial charge in [0.1, 0.15) is 6.04 Å². The van der Waals surface area contributed by atoms with Gasteiger partial charge in [-0.3, -0.25) is 19.7 Å². The fraction of sp³-hybridized carbons (Fsp3) is 0.385. The van der Waals surface area contributed by atoms with Crippen LogP contribution in [-0.4, -0.2) is 29.3 Å². The monoisotopic (exact) mass is 294 g/mol. The first-order valence-electron chi connectivity index (χ1n) is 6.49. The molecule has 8 heteroatoms. The molecule has 0 aliphatic rings. The Labute approximate surface area is 121 Å². The van der Waals surface area contributed by atoms with Crippen molar-refractivity contribution in [1.29, 1.82) is 0 Å². The van der Waals surface area contributed by atoms with Crippen molar-refractivity contribution in [2.45, 2.75) is 26.3 Å². The first-order chi connectivity index (χ1) is 9.86. The number of non-ortho nitro benzene ring substituents is 1. The van der Waals surface area contributed by atoms with E-state index in [1.54, 1.807) is 0 Å². The van der Waals surface area contributed by atoms with Crippen LogP contribution >= 0.6 is 0 Å². The molecule has 21 heavy (non-hydrogen) atoms. The van der Waals surface area contributed by atoms with Crippen LogP contribution in [0, 0.1) is 10.1 Å². The Kier molecular flexibility index (Phi) is 5.65. The highest BCUT2D eigenvalue weighted by Crippen LogP contribution is 2.19. The predicted octanol–water partition coefficient (Wildman–Crippen LogP) is 0.821. The summed E-state index contributed by atoms with van der Waals surface area (Å²) < 4.78 is 0. The minimum absolute atomic E-state index is 0.0284. The summed E-state index contributed by atoms with van der Waals surface area (Å²) in [6, 6.07) is 2.82. The van der Waals surface area contributed by atoms with Crippen molar-refractivity contribution in [2.75, 3.05) is 12.3 Å². The number of benzene rings is 1. The number of anilines is 1. The zero-order chi connectivity index (χ0) is 16.0. The van der Waals surface area contributed by atoms with E-state index < -0.39 is 16.9 Å². The first-order valence-corrected chi connectivity index (χ1v) is 6.49. The Morgan fingerprint density at radius 1 is 1.43 bits per heavy atom. The highest BCUT2D eigenvalue weighted by atomic mass is 16.6. The lowest BCUT2D eigenvalue weighted by molar-refractivity contribution is -0.384. The van der Waals surface area contributed by atoms with Crippen LogP contribution in [0.1, 0.15) is 30.6 Å². The van der Waals surface area contributed by atoms with E-state index in [2.05, 4.69) is 10.6 Å². The fourth-order valence-electron chi connectivity index (χ4n) is 1.60. The number of nitrogen functional groups attached to an aromatic ring is 1. The molecule has 1 rings (SSSR count). The van der Waals surface area contributed by atoms with Gasteiger partial charge in [0.2, 0.25) is 5.91 Å². The lowest BCUT2D eigenvalue weighted by Gasteiger charge is -2.14. The number of nitro groups is 1. The molecule has 0 saturated heterocycles. The topological polar surface area (TPSA) is 127 Å². The Morgan fingerprint density at radius 2 is 2.10 bits per heavy atom. The summed E-state index contributed by atoms with van der Waals surface area (Å²) in [6.45, 7) is 3.95. The van der Waals surface area contributed by atoms with Gasteiger partial charge in [0, 0.05) is 24.4 Å². The normalized spacial score (nSPS) is 11.5. The average Bonchev–Trinajstić information content (AvgIpc) is 2.44. The summed E-state index contributed by atoms with van der Waals surface area (Å²) in [4.78, 5) is 33.8. The molecule has 4 N–H and O–H groups in total. The minimum Gasteiger partial charge on any atom is -0.398 e. The van der Waals surface area contributed by atoms with Gasteiger partial charge in [0.25, 0.3) is 11.6 Å². The molecule has 2 amide bonds. The lowest BCUT2D eigenvalue weighted by atomic mass is 10.1. The zero-order valence-electron chi connectivity index (χ0n) is 11.9. The molecule has 8 nitrogen and oxygen atoms in total. The third-order valence-corrected chi connectivity index (χ3v) is 2.78. The predicted molar refractivity (Wildman–Crippen MR) is 77.7 cm³/mol. The van der Waals surface area contributed by atoms with Crippen LogP contribution in [0.25, 0.3) is 0 Å². The van der Waals surface area contributed by atoms with Gasteiger partial charge < -0.3 is 16.4 Å². The molecule has 0 saturated carbocycles. The van der Waals surface area contributed by atoms with Crippen LogP contribution in [0.5, 0.6) is 0 Å². The average molecular weight is 294 g/mol. The van der Waals surface area contributed by atoms with E-state index in [1.807, 2.05) is 6.92 Å². The van der Waals surface area contributed by atoms with E-state index in [0.717, 1.165) is 12.5 Å². The summed E-state index contributed by atoms with van der Waals surface area (Å²) in [5, 5.41) is 15.8. The minimum atomic E-state index is -0.761. The van der Waals surface area contributed by atoms with Crippen LogP contribution in [0.15, 0.2) is 18.2 Å². The summed E-state index contributed by atoms with van der Waals surface area (Å²) in [5.41, 5.74) is 5.48. The second kappa shape index (κ2) is 7.22. The van der Waals surface area contributed by atoms with E-state index in [1.165, 1.54) is 19.1 Å². The van der Waals surface area contributed by atoms with E-state index in [-0.39, 0.29) is 22.8 Å². The highest BCUT2D eigenvalue weighted by molar-refractivity contribution is 6.01. The van der Waals surface area contributed by atoms with E-state index in [9.17, 15) is 19.7 Å². The van der Waals surface area contributed by atoms with Gasteiger partial charge in [0.15, 0.2) is 0 Å². The van der Waals surface area contributed by atoms with Crippen LogP contribution in [0.3, 0.4) is 0 Å². The van der Waals surface area contributed by atoms with Gasteiger partial charge in [-0.2, -0.15) is 0 Å². The smallest absolute Gasteiger partial charge is 0.270 e. The second-order valence-corrected chi connectivity index (χ2v) is 4.51. The molecule has 0 bridgehead atoms. The molecule has 0 heterocycles. The number of nitrogens with zero attached hydrogens (tertiary/aromatic N) is 1. The quantitative estimate of drug-likeness (QED) is 0.406. The molecular weight excluding hydrogens is 276 g/mol. The second-order valence-electron chi connectivity index (χ2n) is 4.51. The molecule has 0 fully saturated rings. The molecule has 114 valence electrons. The molecule has 0 aliphatic heterocycles. The van der Waals surface area contributed by atoms with Gasteiger partial charge in [-0.15, -0.1) is 0 Å². The Balaban J connectivity index is 2.82. The number of rotatable bonds is 6. The van der Waals surface area contributed by atoms with Crippen molar-refractivity contribution < 1.29 is 14.5 Å². The van der Waals surface area contributed by atoms with Crippen molar-refractivity contribution >= 4 is 23.2 Å². The number of nitro benzene ring substituents is 1. The number of carbonyl (C=O) groups is 2. The van der Waals surface area contributed by atoms with Gasteiger partial charge >= 0.3 is 0 Å². The Hall–Kier alpha value is -2.64. The lowest BCUT2D eigenvalue weighted by Crippen LogP contribution is -2.45. The Bertz CT molecular complexity index is 559. The number of amides is 2. The summed E-state index contributed by atoms with van der Waals surface area (Å²) in [7, 11) is 0.